The molecule has 0 saturated heterocycles. The number of rotatable bonds is 11. The summed E-state index contributed by atoms with van der Waals surface area (Å²) in [4.78, 5) is 21.9. The van der Waals surface area contributed by atoms with Crippen molar-refractivity contribution in [3.63, 3.8) is 0 Å². The van der Waals surface area contributed by atoms with Gasteiger partial charge in [-0.3, -0.25) is 9.69 Å². The summed E-state index contributed by atoms with van der Waals surface area (Å²) in [5.41, 5.74) is 6.39. The lowest BCUT2D eigenvalue weighted by Crippen LogP contribution is -2.43. The van der Waals surface area contributed by atoms with Crippen molar-refractivity contribution in [3.05, 3.63) is 95.9 Å². The summed E-state index contributed by atoms with van der Waals surface area (Å²) in [5.74, 6) is 2.36. The summed E-state index contributed by atoms with van der Waals surface area (Å²) in [5, 5.41) is 14.6. The highest BCUT2D eigenvalue weighted by molar-refractivity contribution is 5.80. The highest BCUT2D eigenvalue weighted by Crippen LogP contribution is 2.35. The molecule has 2 aromatic heterocycles. The van der Waals surface area contributed by atoms with E-state index in [1.807, 2.05) is 36.4 Å². The molecular weight excluding hydrogens is 540 g/mol. The first-order valence-electron chi connectivity index (χ1n) is 14.8. The Labute approximate surface area is 251 Å². The molecule has 0 atom stereocenters. The highest BCUT2D eigenvalue weighted by atomic mass is 16.5. The van der Waals surface area contributed by atoms with Gasteiger partial charge in [0.2, 0.25) is 5.82 Å². The minimum atomic E-state index is -0.248. The number of esters is 1. The summed E-state index contributed by atoms with van der Waals surface area (Å²) in [6.45, 7) is 4.30. The summed E-state index contributed by atoms with van der Waals surface area (Å²) in [6, 6.07) is 27.0. The normalized spacial score (nSPS) is 13.2. The zero-order valence-electron chi connectivity index (χ0n) is 24.6. The van der Waals surface area contributed by atoms with Crippen molar-refractivity contribution in [2.24, 2.45) is 0 Å². The van der Waals surface area contributed by atoms with Crippen LogP contribution in [0.15, 0.2) is 78.9 Å². The number of anilines is 2. The van der Waals surface area contributed by atoms with E-state index in [9.17, 15) is 4.79 Å². The van der Waals surface area contributed by atoms with Crippen molar-refractivity contribution in [3.8, 4) is 22.5 Å². The molecule has 1 N–H and O–H groups in total. The van der Waals surface area contributed by atoms with E-state index in [4.69, 9.17) is 9.72 Å². The molecule has 0 saturated carbocycles. The lowest BCUT2D eigenvalue weighted by molar-refractivity contribution is -0.142. The fourth-order valence-electron chi connectivity index (χ4n) is 5.68. The molecule has 220 valence electrons. The van der Waals surface area contributed by atoms with Gasteiger partial charge < -0.3 is 14.2 Å². The Bertz CT molecular complexity index is 1650. The number of unbranched alkanes of at least 4 members (excludes halogenated alkanes) is 2. The van der Waals surface area contributed by atoms with Gasteiger partial charge in [0, 0.05) is 30.8 Å². The van der Waals surface area contributed by atoms with Gasteiger partial charge in [-0.15, -0.1) is 10.2 Å². The second-order valence-corrected chi connectivity index (χ2v) is 10.8. The third kappa shape index (κ3) is 6.19. The van der Waals surface area contributed by atoms with Crippen LogP contribution in [0.4, 0.5) is 11.5 Å². The van der Waals surface area contributed by atoms with Gasteiger partial charge in [0.15, 0.2) is 5.82 Å². The first-order chi connectivity index (χ1) is 21.1. The van der Waals surface area contributed by atoms with Crippen LogP contribution in [0.2, 0.25) is 0 Å². The first kappa shape index (κ1) is 28.3. The molecule has 0 radical (unpaired) electrons. The largest absolute Gasteiger partial charge is 0.468 e. The maximum absolute atomic E-state index is 12.3. The Morgan fingerprint density at radius 3 is 2.44 bits per heavy atom. The number of hydrogen-bond donors (Lipinski definition) is 1. The molecule has 0 bridgehead atoms. The van der Waals surface area contributed by atoms with E-state index in [1.165, 1.54) is 12.7 Å². The summed E-state index contributed by atoms with van der Waals surface area (Å²) >= 11 is 0. The van der Waals surface area contributed by atoms with Crippen LogP contribution in [0.5, 0.6) is 0 Å². The molecule has 43 heavy (non-hydrogen) atoms. The monoisotopic (exact) mass is 576 g/mol. The number of aryl methyl sites for hydroxylation is 1. The van der Waals surface area contributed by atoms with Gasteiger partial charge in [0.25, 0.3) is 0 Å². The van der Waals surface area contributed by atoms with Gasteiger partial charge >= 0.3 is 5.97 Å². The summed E-state index contributed by atoms with van der Waals surface area (Å²) < 4.78 is 7.38. The van der Waals surface area contributed by atoms with E-state index < -0.39 is 0 Å². The number of para-hydroxylation sites is 1. The van der Waals surface area contributed by atoms with Crippen LogP contribution >= 0.6 is 0 Å². The zero-order chi connectivity index (χ0) is 29.6. The molecule has 10 nitrogen and oxygen atoms in total. The van der Waals surface area contributed by atoms with Crippen LogP contribution in [0, 0.1) is 0 Å². The molecule has 1 aliphatic heterocycles. The number of imidazole rings is 1. The van der Waals surface area contributed by atoms with Gasteiger partial charge in [0.05, 0.1) is 26.0 Å². The van der Waals surface area contributed by atoms with E-state index in [0.29, 0.717) is 25.6 Å². The number of carbonyl (C=O) groups excluding carboxylic acids is 1. The molecule has 3 aromatic carbocycles. The fourth-order valence-corrected chi connectivity index (χ4v) is 5.68. The Hall–Kier alpha value is -4.83. The smallest absolute Gasteiger partial charge is 0.319 e. The maximum atomic E-state index is 12.3. The standard InChI is InChI=1S/C33H36N8O2/c1-3-4-6-15-30-34-33-29(21-39(22-31(42)43-2)23-41(33)26-11-7-5-8-12-26)40(30)20-24-16-18-25(19-17-24)27-13-9-10-14-28(27)32-35-37-38-36-32/h5,7-14,16-19H,3-4,6,15,20-23H2,1-2H3,(H,35,36,37,38). The molecule has 3 heterocycles. The molecule has 5 aromatic rings. The predicted octanol–water partition coefficient (Wildman–Crippen LogP) is 5.60. The quantitative estimate of drug-likeness (QED) is 0.160. The second kappa shape index (κ2) is 13.0. The maximum Gasteiger partial charge on any atom is 0.319 e. The van der Waals surface area contributed by atoms with E-state index in [0.717, 1.165) is 65.4 Å². The molecule has 0 fully saturated rings. The molecule has 1 aliphatic rings. The van der Waals surface area contributed by atoms with E-state index in [2.05, 4.69) is 84.4 Å². The van der Waals surface area contributed by atoms with Crippen molar-refractivity contribution in [2.45, 2.75) is 45.7 Å². The van der Waals surface area contributed by atoms with Crippen molar-refractivity contribution in [2.75, 3.05) is 25.2 Å². The summed E-state index contributed by atoms with van der Waals surface area (Å²) in [6.07, 6.45) is 4.28. The van der Waals surface area contributed by atoms with Gasteiger partial charge in [-0.1, -0.05) is 86.5 Å². The van der Waals surface area contributed by atoms with Crippen LogP contribution in [0.1, 0.15) is 43.3 Å². The SMILES string of the molecule is CCCCCc1nc2c(n1Cc1ccc(-c3ccccc3-c3nn[nH]n3)cc1)CN(CC(=O)OC)CN2c1ccccc1. The lowest BCUT2D eigenvalue weighted by Gasteiger charge is -2.35. The number of hydrogen-bond acceptors (Lipinski definition) is 8. The third-order valence-corrected chi connectivity index (χ3v) is 7.87. The van der Waals surface area contributed by atoms with Gasteiger partial charge in [-0.2, -0.15) is 5.21 Å². The predicted molar refractivity (Wildman–Crippen MR) is 165 cm³/mol. The summed E-state index contributed by atoms with van der Waals surface area (Å²) in [7, 11) is 1.44. The third-order valence-electron chi connectivity index (χ3n) is 7.87. The molecule has 0 unspecified atom stereocenters. The number of aromatic nitrogens is 6. The Morgan fingerprint density at radius 1 is 0.953 bits per heavy atom. The number of nitrogens with zero attached hydrogens (tertiary/aromatic N) is 7. The molecule has 0 amide bonds. The van der Waals surface area contributed by atoms with E-state index >= 15 is 0 Å². The molecule has 10 heteroatoms. The van der Waals surface area contributed by atoms with Crippen molar-refractivity contribution in [1.29, 1.82) is 0 Å². The average Bonchev–Trinajstić information content (AvgIpc) is 3.71. The number of carbonyl (C=O) groups is 1. The number of methoxy groups -OCH3 is 1. The Morgan fingerprint density at radius 2 is 1.72 bits per heavy atom. The lowest BCUT2D eigenvalue weighted by atomic mass is 9.98. The zero-order valence-corrected chi connectivity index (χ0v) is 24.6. The fraction of sp³-hybridized carbons (Fsp3) is 0.303. The topological polar surface area (TPSA) is 105 Å². The number of fused-ring (bicyclic) bond motifs is 1. The number of aromatic amines is 1. The number of tetrazole rings is 1. The molecule has 0 aliphatic carbocycles. The van der Waals surface area contributed by atoms with Crippen LogP contribution in [0.25, 0.3) is 22.5 Å². The highest BCUT2D eigenvalue weighted by Gasteiger charge is 2.31. The van der Waals surface area contributed by atoms with Crippen molar-refractivity contribution < 1.29 is 9.53 Å². The van der Waals surface area contributed by atoms with Gasteiger partial charge in [-0.05, 0) is 40.5 Å². The van der Waals surface area contributed by atoms with Crippen LogP contribution in [-0.4, -0.2) is 61.4 Å². The number of benzene rings is 3. The van der Waals surface area contributed by atoms with Crippen molar-refractivity contribution in [1.82, 2.24) is 35.1 Å². The number of ether oxygens (including phenoxy) is 1. The van der Waals surface area contributed by atoms with E-state index in [-0.39, 0.29) is 12.5 Å². The minimum Gasteiger partial charge on any atom is -0.468 e. The molecule has 6 rings (SSSR count). The molecule has 0 spiro atoms. The second-order valence-electron chi connectivity index (χ2n) is 10.8. The van der Waals surface area contributed by atoms with Crippen LogP contribution in [0.3, 0.4) is 0 Å². The van der Waals surface area contributed by atoms with Crippen molar-refractivity contribution >= 4 is 17.5 Å². The Balaban J connectivity index is 1.35. The Kier molecular flexibility index (Phi) is 8.55. The van der Waals surface area contributed by atoms with Gasteiger partial charge in [0.1, 0.15) is 5.82 Å². The first-order valence-corrected chi connectivity index (χ1v) is 14.8. The van der Waals surface area contributed by atoms with Crippen LogP contribution in [-0.2, 0) is 29.0 Å². The van der Waals surface area contributed by atoms with Crippen LogP contribution < -0.4 is 4.90 Å². The minimum absolute atomic E-state index is 0.212. The number of nitrogens with one attached hydrogen (secondary N) is 1. The van der Waals surface area contributed by atoms with Gasteiger partial charge in [-0.25, -0.2) is 4.98 Å². The molecular formula is C33H36N8O2. The number of H-pyrrole nitrogens is 1. The van der Waals surface area contributed by atoms with E-state index in [1.54, 1.807) is 0 Å². The average molecular weight is 577 g/mol.